The van der Waals surface area contributed by atoms with Gasteiger partial charge in [0.1, 0.15) is 6.10 Å². The first kappa shape index (κ1) is 13.6. The normalized spacial score (nSPS) is 21.7. The van der Waals surface area contributed by atoms with Crippen molar-refractivity contribution in [2.24, 2.45) is 0 Å². The third kappa shape index (κ3) is 3.84. The summed E-state index contributed by atoms with van der Waals surface area (Å²) in [4.78, 5) is 10.1. The molecule has 6 nitrogen and oxygen atoms in total. The summed E-state index contributed by atoms with van der Waals surface area (Å²) in [6.45, 7) is 0.749. The maximum atomic E-state index is 10.5. The second-order valence-electron chi connectivity index (χ2n) is 4.47. The average molecular weight is 265 g/mol. The van der Waals surface area contributed by atoms with Crippen molar-refractivity contribution < 1.29 is 19.3 Å². The van der Waals surface area contributed by atoms with Crippen molar-refractivity contribution in [1.29, 1.82) is 0 Å². The van der Waals surface area contributed by atoms with Gasteiger partial charge >= 0.3 is 6.23 Å². The Balaban J connectivity index is 1.87. The van der Waals surface area contributed by atoms with Crippen molar-refractivity contribution in [1.82, 2.24) is 0 Å². The summed E-state index contributed by atoms with van der Waals surface area (Å²) in [6.07, 6.45) is 7.36. The zero-order valence-corrected chi connectivity index (χ0v) is 10.5. The smallest absolute Gasteiger partial charge is 0.336 e. The lowest BCUT2D eigenvalue weighted by Gasteiger charge is -2.06. The number of rotatable bonds is 6. The lowest BCUT2D eigenvalue weighted by Crippen LogP contribution is -2.39. The molecule has 0 radical (unpaired) electrons. The number of aliphatic hydroxyl groups excluding tert-OH is 1. The van der Waals surface area contributed by atoms with Crippen LogP contribution in [0.25, 0.3) is 0 Å². The molecule has 2 atom stereocenters. The first-order chi connectivity index (χ1) is 9.19. The lowest BCUT2D eigenvalue weighted by molar-refractivity contribution is -0.705. The van der Waals surface area contributed by atoms with Crippen molar-refractivity contribution in [3.63, 3.8) is 0 Å². The lowest BCUT2D eigenvalue weighted by atomic mass is 10.1. The highest BCUT2D eigenvalue weighted by Gasteiger charge is 2.29. The van der Waals surface area contributed by atoms with Gasteiger partial charge in [-0.2, -0.15) is 0 Å². The third-order valence-electron chi connectivity index (χ3n) is 2.99. The predicted molar refractivity (Wildman–Crippen MR) is 66.8 cm³/mol. The van der Waals surface area contributed by atoms with E-state index in [4.69, 9.17) is 9.84 Å². The summed E-state index contributed by atoms with van der Waals surface area (Å²) in [5.74, 6) is 0. The Hall–Kier alpha value is -1.79. The SMILES string of the molecule is O=[N+]([O-])C1C=CC(C[n+]2ccc(CCCO)cc2)O1. The van der Waals surface area contributed by atoms with Crippen LogP contribution in [-0.2, 0) is 17.7 Å². The molecule has 1 aromatic rings. The van der Waals surface area contributed by atoms with Gasteiger partial charge in [0.05, 0.1) is 4.92 Å². The molecule has 2 unspecified atom stereocenters. The molecule has 1 aromatic heterocycles. The Labute approximate surface area is 111 Å². The third-order valence-corrected chi connectivity index (χ3v) is 2.99. The van der Waals surface area contributed by atoms with Crippen molar-refractivity contribution in [3.05, 3.63) is 52.4 Å². The van der Waals surface area contributed by atoms with Gasteiger partial charge in [0.25, 0.3) is 0 Å². The van der Waals surface area contributed by atoms with E-state index in [1.807, 2.05) is 29.1 Å². The molecule has 102 valence electrons. The van der Waals surface area contributed by atoms with Crippen LogP contribution >= 0.6 is 0 Å². The molecule has 0 saturated carbocycles. The molecule has 0 spiro atoms. The summed E-state index contributed by atoms with van der Waals surface area (Å²) in [7, 11) is 0. The fourth-order valence-corrected chi connectivity index (χ4v) is 1.98. The minimum absolute atomic E-state index is 0.192. The molecule has 0 amide bonds. The summed E-state index contributed by atoms with van der Waals surface area (Å²) in [5.41, 5.74) is 1.16. The zero-order chi connectivity index (χ0) is 13.7. The van der Waals surface area contributed by atoms with Gasteiger partial charge in [0.2, 0.25) is 0 Å². The van der Waals surface area contributed by atoms with Crippen LogP contribution in [0, 0.1) is 10.1 Å². The molecule has 1 aliphatic rings. The van der Waals surface area contributed by atoms with E-state index in [9.17, 15) is 10.1 Å². The maximum absolute atomic E-state index is 10.5. The van der Waals surface area contributed by atoms with Gasteiger partial charge in [0.15, 0.2) is 18.9 Å². The van der Waals surface area contributed by atoms with Crippen LogP contribution in [0.1, 0.15) is 12.0 Å². The first-order valence-electron chi connectivity index (χ1n) is 6.25. The molecule has 1 N–H and O–H groups in total. The number of hydrogen-bond acceptors (Lipinski definition) is 4. The molecule has 19 heavy (non-hydrogen) atoms. The second-order valence-corrected chi connectivity index (χ2v) is 4.47. The van der Waals surface area contributed by atoms with Crippen LogP contribution in [0.2, 0.25) is 0 Å². The molecule has 2 rings (SSSR count). The van der Waals surface area contributed by atoms with E-state index in [0.29, 0.717) is 6.54 Å². The monoisotopic (exact) mass is 265 g/mol. The van der Waals surface area contributed by atoms with Gasteiger partial charge in [-0.25, -0.2) is 4.57 Å². The molecular weight excluding hydrogens is 248 g/mol. The quantitative estimate of drug-likeness (QED) is 0.351. The van der Waals surface area contributed by atoms with Crippen LogP contribution in [-0.4, -0.2) is 29.0 Å². The fraction of sp³-hybridized carbons (Fsp3) is 0.462. The van der Waals surface area contributed by atoms with E-state index < -0.39 is 11.2 Å². The minimum Gasteiger partial charge on any atom is -0.396 e. The van der Waals surface area contributed by atoms with E-state index in [-0.39, 0.29) is 12.7 Å². The Bertz CT molecular complexity index is 458. The largest absolute Gasteiger partial charge is 0.396 e. The van der Waals surface area contributed by atoms with E-state index in [0.717, 1.165) is 18.4 Å². The number of ether oxygens (including phenoxy) is 1. The Morgan fingerprint density at radius 1 is 1.37 bits per heavy atom. The highest BCUT2D eigenvalue weighted by molar-refractivity contribution is 5.07. The molecule has 6 heteroatoms. The van der Waals surface area contributed by atoms with Gasteiger partial charge in [-0.15, -0.1) is 0 Å². The van der Waals surface area contributed by atoms with Crippen molar-refractivity contribution in [2.45, 2.75) is 31.7 Å². The Morgan fingerprint density at radius 2 is 2.11 bits per heavy atom. The van der Waals surface area contributed by atoms with Crippen molar-refractivity contribution in [3.8, 4) is 0 Å². The van der Waals surface area contributed by atoms with Gasteiger partial charge in [-0.1, -0.05) is 0 Å². The zero-order valence-electron chi connectivity index (χ0n) is 10.5. The summed E-state index contributed by atoms with van der Waals surface area (Å²) in [6, 6.07) is 3.97. The van der Waals surface area contributed by atoms with Crippen LogP contribution < -0.4 is 4.57 Å². The number of aromatic nitrogens is 1. The Morgan fingerprint density at radius 3 is 2.68 bits per heavy atom. The standard InChI is InChI=1S/C13H17N2O4/c16-9-1-2-11-5-7-14(8-6-11)10-12-3-4-13(19-12)15(17)18/h3-8,12-13,16H,1-2,9-10H2/q+1. The molecule has 0 fully saturated rings. The van der Waals surface area contributed by atoms with Crippen molar-refractivity contribution in [2.75, 3.05) is 6.61 Å². The van der Waals surface area contributed by atoms with Crippen LogP contribution in [0.4, 0.5) is 0 Å². The fourth-order valence-electron chi connectivity index (χ4n) is 1.98. The Kier molecular flexibility index (Phi) is 4.59. The van der Waals surface area contributed by atoms with Crippen LogP contribution in [0.15, 0.2) is 36.7 Å². The highest BCUT2D eigenvalue weighted by atomic mass is 16.7. The van der Waals surface area contributed by atoms with E-state index in [1.165, 1.54) is 6.08 Å². The van der Waals surface area contributed by atoms with E-state index in [1.54, 1.807) is 6.08 Å². The van der Waals surface area contributed by atoms with Crippen LogP contribution in [0.3, 0.4) is 0 Å². The topological polar surface area (TPSA) is 76.5 Å². The average Bonchev–Trinajstić information content (AvgIpc) is 2.87. The second kappa shape index (κ2) is 6.40. The summed E-state index contributed by atoms with van der Waals surface area (Å²) in [5, 5.41) is 19.3. The van der Waals surface area contributed by atoms with Crippen LogP contribution in [0.5, 0.6) is 0 Å². The van der Waals surface area contributed by atoms with Gasteiger partial charge in [-0.3, -0.25) is 14.9 Å². The number of aryl methyl sites for hydroxylation is 1. The van der Waals surface area contributed by atoms with Gasteiger partial charge < -0.3 is 5.11 Å². The van der Waals surface area contributed by atoms with E-state index in [2.05, 4.69) is 0 Å². The number of hydrogen-bond donors (Lipinski definition) is 1. The van der Waals surface area contributed by atoms with E-state index >= 15 is 0 Å². The summed E-state index contributed by atoms with van der Waals surface area (Å²) >= 11 is 0. The molecular formula is C13H17N2O4+. The number of aliphatic hydroxyl groups is 1. The molecule has 0 aromatic carbocycles. The molecule has 0 bridgehead atoms. The highest BCUT2D eigenvalue weighted by Crippen LogP contribution is 2.11. The predicted octanol–water partition coefficient (Wildman–Crippen LogP) is 0.457. The maximum Gasteiger partial charge on any atom is 0.336 e. The van der Waals surface area contributed by atoms with Gasteiger partial charge in [-0.05, 0) is 24.5 Å². The molecule has 2 heterocycles. The molecule has 1 aliphatic heterocycles. The molecule has 0 aliphatic carbocycles. The number of nitro groups is 1. The first-order valence-corrected chi connectivity index (χ1v) is 6.25. The summed E-state index contributed by atoms with van der Waals surface area (Å²) < 4.78 is 7.19. The minimum atomic E-state index is -1.02. The van der Waals surface area contributed by atoms with Crippen molar-refractivity contribution >= 4 is 0 Å². The molecule has 0 saturated heterocycles. The number of pyridine rings is 1. The van der Waals surface area contributed by atoms with Gasteiger partial charge in [0, 0.05) is 24.8 Å². The number of nitrogens with zero attached hydrogens (tertiary/aromatic N) is 2.